The van der Waals surface area contributed by atoms with Gasteiger partial charge in [0.25, 0.3) is 0 Å². The number of fused-ring (bicyclic) bond motifs is 1. The minimum absolute atomic E-state index is 0.203. The van der Waals surface area contributed by atoms with Gasteiger partial charge in [0.1, 0.15) is 6.10 Å². The molecule has 2 saturated heterocycles. The van der Waals surface area contributed by atoms with E-state index in [1.807, 2.05) is 0 Å². The maximum atomic E-state index is 13.1. The number of alkyl halides is 6. The number of halogens is 7. The Morgan fingerprint density at radius 3 is 2.27 bits per heavy atom. The van der Waals surface area contributed by atoms with Crippen LogP contribution >= 0.6 is 15.9 Å². The molecule has 0 unspecified atom stereocenters. The predicted octanol–water partition coefficient (Wildman–Crippen LogP) is 6.88. The lowest BCUT2D eigenvalue weighted by molar-refractivity contribution is -0.138. The van der Waals surface area contributed by atoms with Gasteiger partial charge in [-0.1, -0.05) is 28.1 Å². The Hall–Kier alpha value is -2.23. The van der Waals surface area contributed by atoms with Gasteiger partial charge in [0.2, 0.25) is 0 Å². The summed E-state index contributed by atoms with van der Waals surface area (Å²) < 4.78 is 84.3. The Bertz CT molecular complexity index is 990. The van der Waals surface area contributed by atoms with Crippen LogP contribution in [0, 0.1) is 0 Å². The van der Waals surface area contributed by atoms with Crippen LogP contribution in [-0.2, 0) is 17.1 Å². The van der Waals surface area contributed by atoms with Gasteiger partial charge in [-0.2, -0.15) is 26.3 Å². The van der Waals surface area contributed by atoms with Gasteiger partial charge < -0.3 is 4.74 Å². The highest BCUT2D eigenvalue weighted by Crippen LogP contribution is 2.49. The second-order valence-electron chi connectivity index (χ2n) is 7.23. The number of ether oxygens (including phenoxy) is 1. The number of nitrogens with zero attached hydrogens (tertiary/aromatic N) is 1. The van der Waals surface area contributed by atoms with E-state index in [4.69, 9.17) is 4.74 Å². The Balaban J connectivity index is 1.66. The lowest BCUT2D eigenvalue weighted by atomic mass is 9.98. The molecule has 2 heterocycles. The van der Waals surface area contributed by atoms with Crippen molar-refractivity contribution in [3.63, 3.8) is 0 Å². The molecule has 3 nitrogen and oxygen atoms in total. The third kappa shape index (κ3) is 3.66. The zero-order valence-electron chi connectivity index (χ0n) is 15.1. The normalized spacial score (nSPS) is 24.2. The lowest BCUT2D eigenvalue weighted by Crippen LogP contribution is -2.31. The van der Waals surface area contributed by atoms with Crippen LogP contribution in [0.25, 0.3) is 0 Å². The second-order valence-corrected chi connectivity index (χ2v) is 8.08. The van der Waals surface area contributed by atoms with E-state index in [1.165, 1.54) is 23.1 Å². The van der Waals surface area contributed by atoms with Gasteiger partial charge in [0.05, 0.1) is 23.2 Å². The van der Waals surface area contributed by atoms with E-state index in [9.17, 15) is 31.1 Å². The minimum Gasteiger partial charge on any atom is -0.439 e. The van der Waals surface area contributed by atoms with Gasteiger partial charge >= 0.3 is 18.4 Å². The molecule has 2 fully saturated rings. The van der Waals surface area contributed by atoms with Crippen molar-refractivity contribution >= 4 is 22.0 Å². The summed E-state index contributed by atoms with van der Waals surface area (Å²) in [5.41, 5.74) is -1.21. The van der Waals surface area contributed by atoms with Crippen molar-refractivity contribution in [2.75, 3.05) is 0 Å². The van der Waals surface area contributed by atoms with E-state index < -0.39 is 47.8 Å². The molecule has 0 aromatic heterocycles. The fourth-order valence-corrected chi connectivity index (χ4v) is 4.62. The molecule has 4 rings (SSSR count). The molecule has 0 bridgehead atoms. The zero-order chi connectivity index (χ0) is 21.8. The highest BCUT2D eigenvalue weighted by atomic mass is 79.9. The van der Waals surface area contributed by atoms with E-state index in [0.717, 1.165) is 24.3 Å². The standard InChI is InChI=1S/C20H14BrF6NO2/c21-14-5-4-12(20(25,26)27)9-13(14)15-6-7-16-17(30-18(29)28(15)16)10-2-1-3-11(8-10)19(22,23)24/h1-5,8-9,15-17H,6-7H2/t15-,16-,17+/m0/s1. The average molecular weight is 494 g/mol. The molecule has 0 N–H and O–H groups in total. The van der Waals surface area contributed by atoms with Crippen LogP contribution in [0.1, 0.15) is 47.2 Å². The summed E-state index contributed by atoms with van der Waals surface area (Å²) in [6.07, 6.45) is -10.0. The van der Waals surface area contributed by atoms with Crippen molar-refractivity contribution in [1.82, 2.24) is 4.90 Å². The molecule has 1 amide bonds. The van der Waals surface area contributed by atoms with Crippen LogP contribution in [0.2, 0.25) is 0 Å². The summed E-state index contributed by atoms with van der Waals surface area (Å²) in [7, 11) is 0. The zero-order valence-corrected chi connectivity index (χ0v) is 16.7. The van der Waals surface area contributed by atoms with Gasteiger partial charge in [-0.25, -0.2) is 4.79 Å². The average Bonchev–Trinajstić information content (AvgIpc) is 3.22. The molecule has 3 atom stereocenters. The first kappa shape index (κ1) is 21.0. The van der Waals surface area contributed by atoms with Crippen LogP contribution in [-0.4, -0.2) is 17.0 Å². The highest BCUT2D eigenvalue weighted by molar-refractivity contribution is 9.10. The lowest BCUT2D eigenvalue weighted by Gasteiger charge is -2.24. The van der Waals surface area contributed by atoms with Crippen molar-refractivity contribution in [2.24, 2.45) is 0 Å². The molecular weight excluding hydrogens is 480 g/mol. The van der Waals surface area contributed by atoms with Gasteiger partial charge in [-0.05, 0) is 54.3 Å². The third-order valence-corrected chi connectivity index (χ3v) is 6.16. The van der Waals surface area contributed by atoms with Crippen LogP contribution in [0.4, 0.5) is 31.1 Å². The second kappa shape index (κ2) is 7.18. The van der Waals surface area contributed by atoms with E-state index in [-0.39, 0.29) is 11.1 Å². The number of amides is 1. The van der Waals surface area contributed by atoms with Crippen molar-refractivity contribution in [3.8, 4) is 0 Å². The SMILES string of the molecule is O=C1O[C@H](c2cccc(C(F)(F)F)c2)[C@@H]2CC[C@@H](c3cc(C(F)(F)F)ccc3Br)N12. The molecule has 10 heteroatoms. The molecular formula is C20H14BrF6NO2. The number of cyclic esters (lactones) is 1. The van der Waals surface area contributed by atoms with Crippen LogP contribution in [0.15, 0.2) is 46.9 Å². The van der Waals surface area contributed by atoms with E-state index in [1.54, 1.807) is 0 Å². The summed E-state index contributed by atoms with van der Waals surface area (Å²) in [4.78, 5) is 13.9. The Labute approximate surface area is 175 Å². The third-order valence-electron chi connectivity index (χ3n) is 5.44. The fraction of sp³-hybridized carbons (Fsp3) is 0.350. The van der Waals surface area contributed by atoms with Crippen LogP contribution < -0.4 is 0 Å². The largest absolute Gasteiger partial charge is 0.439 e. The molecule has 0 saturated carbocycles. The van der Waals surface area contributed by atoms with Crippen LogP contribution in [0.3, 0.4) is 0 Å². The Morgan fingerprint density at radius 2 is 1.60 bits per heavy atom. The number of carbonyl (C=O) groups is 1. The van der Waals surface area contributed by atoms with Gasteiger partial charge in [0, 0.05) is 4.47 Å². The van der Waals surface area contributed by atoms with Crippen LogP contribution in [0.5, 0.6) is 0 Å². The van der Waals surface area contributed by atoms with Gasteiger partial charge in [0.15, 0.2) is 0 Å². The Morgan fingerprint density at radius 1 is 0.933 bits per heavy atom. The smallest absolute Gasteiger partial charge is 0.416 e. The molecule has 2 aromatic rings. The molecule has 0 aliphatic carbocycles. The summed E-state index contributed by atoms with van der Waals surface area (Å²) in [6, 6.07) is 6.52. The Kier molecular flexibility index (Phi) is 5.03. The first-order chi connectivity index (χ1) is 14.0. The summed E-state index contributed by atoms with van der Waals surface area (Å²) >= 11 is 3.24. The molecule has 2 aliphatic heterocycles. The summed E-state index contributed by atoms with van der Waals surface area (Å²) in [6.45, 7) is 0. The number of benzene rings is 2. The first-order valence-corrected chi connectivity index (χ1v) is 9.79. The quantitative estimate of drug-likeness (QED) is 0.426. The van der Waals surface area contributed by atoms with E-state index in [2.05, 4.69) is 15.9 Å². The van der Waals surface area contributed by atoms with Crippen molar-refractivity contribution in [1.29, 1.82) is 0 Å². The maximum Gasteiger partial charge on any atom is 0.416 e. The maximum absolute atomic E-state index is 13.1. The van der Waals surface area contributed by atoms with Gasteiger partial charge in [-0.3, -0.25) is 4.90 Å². The topological polar surface area (TPSA) is 29.5 Å². The molecule has 160 valence electrons. The summed E-state index contributed by atoms with van der Waals surface area (Å²) in [5, 5.41) is 0. The number of hydrogen-bond donors (Lipinski definition) is 0. The minimum atomic E-state index is -4.54. The monoisotopic (exact) mass is 493 g/mol. The highest BCUT2D eigenvalue weighted by Gasteiger charge is 2.51. The van der Waals surface area contributed by atoms with Crippen molar-refractivity contribution < 1.29 is 35.9 Å². The van der Waals surface area contributed by atoms with Gasteiger partial charge in [-0.15, -0.1) is 0 Å². The van der Waals surface area contributed by atoms with E-state index in [0.29, 0.717) is 17.3 Å². The van der Waals surface area contributed by atoms with Crippen molar-refractivity contribution in [2.45, 2.75) is 43.4 Å². The summed E-state index contributed by atoms with van der Waals surface area (Å²) in [5.74, 6) is 0. The molecule has 0 spiro atoms. The number of rotatable bonds is 2. The van der Waals surface area contributed by atoms with E-state index >= 15 is 0 Å². The molecule has 2 aliphatic rings. The van der Waals surface area contributed by atoms with Crippen molar-refractivity contribution in [3.05, 3.63) is 69.2 Å². The number of carbonyl (C=O) groups excluding carboxylic acids is 1. The molecule has 0 radical (unpaired) electrons. The molecule has 30 heavy (non-hydrogen) atoms. The number of hydrogen-bond acceptors (Lipinski definition) is 2. The predicted molar refractivity (Wildman–Crippen MR) is 97.4 cm³/mol. The molecule has 2 aromatic carbocycles. The first-order valence-electron chi connectivity index (χ1n) is 8.99. The fourth-order valence-electron chi connectivity index (χ4n) is 4.11.